The van der Waals surface area contributed by atoms with Crippen molar-refractivity contribution in [1.82, 2.24) is 4.98 Å². The van der Waals surface area contributed by atoms with E-state index in [1.165, 1.54) is 25.1 Å². The van der Waals surface area contributed by atoms with Gasteiger partial charge in [-0.3, -0.25) is 0 Å². The minimum atomic E-state index is -0.342. The topological polar surface area (TPSA) is 25.4 Å². The van der Waals surface area contributed by atoms with Crippen molar-refractivity contribution in [1.29, 1.82) is 0 Å². The summed E-state index contributed by atoms with van der Waals surface area (Å²) < 4.78 is 18.4. The molecule has 3 nitrogen and oxygen atoms in total. The van der Waals surface area contributed by atoms with Crippen LogP contribution >= 0.6 is 11.6 Å². The molecule has 0 amide bonds. The Labute approximate surface area is 118 Å². The molecule has 0 radical (unpaired) electrons. The molecule has 1 aliphatic carbocycles. The van der Waals surface area contributed by atoms with Gasteiger partial charge in [-0.25, -0.2) is 9.37 Å². The molecule has 1 aliphatic rings. The van der Waals surface area contributed by atoms with Gasteiger partial charge in [0.05, 0.1) is 18.7 Å². The summed E-state index contributed by atoms with van der Waals surface area (Å²) in [5.41, 5.74) is 0.741. The average molecular weight is 287 g/mol. The summed E-state index contributed by atoms with van der Waals surface area (Å²) in [5.74, 6) is 1.41. The summed E-state index contributed by atoms with van der Waals surface area (Å²) in [7, 11) is 1.68. The Bertz CT molecular complexity index is 426. The number of alkyl halides is 1. The first kappa shape index (κ1) is 14.5. The zero-order valence-corrected chi connectivity index (χ0v) is 12.2. The second kappa shape index (κ2) is 6.53. The van der Waals surface area contributed by atoms with Crippen LogP contribution in [0, 0.1) is 11.7 Å². The van der Waals surface area contributed by atoms with Crippen LogP contribution in [0.25, 0.3) is 0 Å². The van der Waals surface area contributed by atoms with Crippen LogP contribution in [-0.2, 0) is 10.6 Å². The zero-order valence-electron chi connectivity index (χ0n) is 11.4. The molecule has 0 N–H and O–H groups in total. The van der Waals surface area contributed by atoms with Gasteiger partial charge < -0.3 is 9.64 Å². The molecule has 1 saturated carbocycles. The molecule has 1 unspecified atom stereocenters. The van der Waals surface area contributed by atoms with E-state index in [-0.39, 0.29) is 11.7 Å². The fourth-order valence-electron chi connectivity index (χ4n) is 2.36. The second-order valence-electron chi connectivity index (χ2n) is 5.03. The van der Waals surface area contributed by atoms with Crippen molar-refractivity contribution in [3.05, 3.63) is 23.6 Å². The lowest BCUT2D eigenvalue weighted by atomic mass is 10.1. The first-order valence-electron chi connectivity index (χ1n) is 6.63. The van der Waals surface area contributed by atoms with Crippen molar-refractivity contribution in [3.8, 4) is 0 Å². The van der Waals surface area contributed by atoms with Crippen molar-refractivity contribution in [2.45, 2.75) is 31.7 Å². The summed E-state index contributed by atoms with van der Waals surface area (Å²) in [6.07, 6.45) is 3.76. The highest BCUT2D eigenvalue weighted by molar-refractivity contribution is 6.17. The third kappa shape index (κ3) is 3.57. The molecule has 19 heavy (non-hydrogen) atoms. The van der Waals surface area contributed by atoms with Gasteiger partial charge in [0.1, 0.15) is 11.6 Å². The average Bonchev–Trinajstić information content (AvgIpc) is 3.24. The Morgan fingerprint density at radius 3 is 2.89 bits per heavy atom. The molecule has 0 aliphatic heterocycles. The molecule has 0 saturated heterocycles. The van der Waals surface area contributed by atoms with E-state index in [0.29, 0.717) is 18.6 Å². The molecule has 1 fully saturated rings. The van der Waals surface area contributed by atoms with Gasteiger partial charge in [0.25, 0.3) is 0 Å². The third-order valence-corrected chi connectivity index (χ3v) is 3.95. The largest absolute Gasteiger partial charge is 0.383 e. The molecule has 1 heterocycles. The van der Waals surface area contributed by atoms with Gasteiger partial charge >= 0.3 is 0 Å². The molecule has 1 aromatic heterocycles. The van der Waals surface area contributed by atoms with E-state index >= 15 is 0 Å². The zero-order chi connectivity index (χ0) is 13.8. The minimum absolute atomic E-state index is 0.265. The fraction of sp³-hybridized carbons (Fsp3) is 0.643. The van der Waals surface area contributed by atoms with Gasteiger partial charge in [-0.2, -0.15) is 0 Å². The summed E-state index contributed by atoms with van der Waals surface area (Å²) in [6.45, 7) is 3.56. The maximum atomic E-state index is 13.3. The van der Waals surface area contributed by atoms with Crippen LogP contribution in [0.2, 0.25) is 0 Å². The van der Waals surface area contributed by atoms with Crippen LogP contribution in [0.1, 0.15) is 25.3 Å². The van der Waals surface area contributed by atoms with Gasteiger partial charge in [-0.15, -0.1) is 11.6 Å². The minimum Gasteiger partial charge on any atom is -0.383 e. The van der Waals surface area contributed by atoms with Gasteiger partial charge in [0, 0.05) is 25.3 Å². The lowest BCUT2D eigenvalue weighted by molar-refractivity contribution is 0.202. The number of pyridine rings is 1. The van der Waals surface area contributed by atoms with E-state index in [0.717, 1.165) is 17.9 Å². The summed E-state index contributed by atoms with van der Waals surface area (Å²) >= 11 is 5.92. The van der Waals surface area contributed by atoms with Gasteiger partial charge in [-0.1, -0.05) is 0 Å². The number of rotatable bonds is 7. The second-order valence-corrected chi connectivity index (χ2v) is 5.30. The molecular formula is C14H20ClFN2O. The Balaban J connectivity index is 2.25. The lowest BCUT2D eigenvalue weighted by Crippen LogP contribution is -2.38. The van der Waals surface area contributed by atoms with E-state index in [1.54, 1.807) is 7.11 Å². The Morgan fingerprint density at radius 1 is 1.58 bits per heavy atom. The van der Waals surface area contributed by atoms with Crippen LogP contribution in [0.4, 0.5) is 10.2 Å². The molecule has 0 spiro atoms. The van der Waals surface area contributed by atoms with Gasteiger partial charge in [0.2, 0.25) is 0 Å². The Kier molecular flexibility index (Phi) is 4.99. The van der Waals surface area contributed by atoms with Crippen LogP contribution in [-0.4, -0.2) is 31.3 Å². The van der Waals surface area contributed by atoms with Crippen molar-refractivity contribution < 1.29 is 9.13 Å². The molecule has 106 valence electrons. The lowest BCUT2D eigenvalue weighted by Gasteiger charge is -2.31. The van der Waals surface area contributed by atoms with E-state index in [1.807, 2.05) is 0 Å². The maximum Gasteiger partial charge on any atom is 0.141 e. The molecule has 0 bridgehead atoms. The number of anilines is 1. The number of hydrogen-bond acceptors (Lipinski definition) is 3. The number of halogens is 2. The maximum absolute atomic E-state index is 13.3. The summed E-state index contributed by atoms with van der Waals surface area (Å²) in [4.78, 5) is 6.44. The monoisotopic (exact) mass is 286 g/mol. The molecule has 2 rings (SSSR count). The first-order chi connectivity index (χ1) is 9.17. The first-order valence-corrected chi connectivity index (χ1v) is 7.16. The SMILES string of the molecule is COCCN(c1ncc(F)cc1CCl)C(C)C1CC1. The normalized spacial score (nSPS) is 16.4. The van der Waals surface area contributed by atoms with E-state index in [2.05, 4.69) is 16.8 Å². The number of hydrogen-bond donors (Lipinski definition) is 0. The van der Waals surface area contributed by atoms with Crippen molar-refractivity contribution in [3.63, 3.8) is 0 Å². The van der Waals surface area contributed by atoms with Crippen LogP contribution in [0.3, 0.4) is 0 Å². The quantitative estimate of drug-likeness (QED) is 0.720. The predicted octanol–water partition coefficient (Wildman–Crippen LogP) is 3.21. The molecule has 0 aromatic carbocycles. The third-order valence-electron chi connectivity index (χ3n) is 3.66. The number of ether oxygens (including phenoxy) is 1. The van der Waals surface area contributed by atoms with Crippen molar-refractivity contribution in [2.75, 3.05) is 25.2 Å². The fourth-order valence-corrected chi connectivity index (χ4v) is 2.55. The van der Waals surface area contributed by atoms with Gasteiger partial charge in [-0.05, 0) is 31.7 Å². The number of nitrogens with zero attached hydrogens (tertiary/aromatic N) is 2. The van der Waals surface area contributed by atoms with Gasteiger partial charge in [0.15, 0.2) is 0 Å². The van der Waals surface area contributed by atoms with E-state index < -0.39 is 0 Å². The summed E-state index contributed by atoms with van der Waals surface area (Å²) in [6, 6.07) is 1.85. The van der Waals surface area contributed by atoms with Crippen molar-refractivity contribution >= 4 is 17.4 Å². The van der Waals surface area contributed by atoms with Crippen LogP contribution in [0.5, 0.6) is 0 Å². The highest BCUT2D eigenvalue weighted by Crippen LogP contribution is 2.37. The van der Waals surface area contributed by atoms with Crippen LogP contribution in [0.15, 0.2) is 12.3 Å². The molecular weight excluding hydrogens is 267 g/mol. The number of methoxy groups -OCH3 is 1. The smallest absolute Gasteiger partial charge is 0.141 e. The highest BCUT2D eigenvalue weighted by Gasteiger charge is 2.33. The predicted molar refractivity (Wildman–Crippen MR) is 75.2 cm³/mol. The molecule has 5 heteroatoms. The van der Waals surface area contributed by atoms with Crippen molar-refractivity contribution in [2.24, 2.45) is 5.92 Å². The Morgan fingerprint density at radius 2 is 2.32 bits per heavy atom. The standard InChI is InChI=1S/C14H20ClFN2O/c1-10(11-3-4-11)18(5-6-19-2)14-12(8-15)7-13(16)9-17-14/h7,9-11H,3-6,8H2,1-2H3. The molecule has 1 atom stereocenters. The van der Waals surface area contributed by atoms with Crippen LogP contribution < -0.4 is 4.90 Å². The summed E-state index contributed by atoms with van der Waals surface area (Å²) in [5, 5.41) is 0. The highest BCUT2D eigenvalue weighted by atomic mass is 35.5. The van der Waals surface area contributed by atoms with E-state index in [4.69, 9.17) is 16.3 Å². The number of aromatic nitrogens is 1. The Hall–Kier alpha value is -0.870. The molecule has 1 aromatic rings. The van der Waals surface area contributed by atoms with E-state index in [9.17, 15) is 4.39 Å².